The van der Waals surface area contributed by atoms with Crippen LogP contribution in [0, 0.1) is 11.8 Å². The lowest BCUT2D eigenvalue weighted by molar-refractivity contribution is -0.141. The fourth-order valence-corrected chi connectivity index (χ4v) is 0.946. The highest BCUT2D eigenvalue weighted by atomic mass is 35.5. The van der Waals surface area contributed by atoms with Crippen LogP contribution in [-0.2, 0) is 4.79 Å². The maximum atomic E-state index is 10.7. The first kappa shape index (κ1) is 11.5. The summed E-state index contributed by atoms with van der Waals surface area (Å²) in [5.74, 6) is -1.11. The zero-order chi connectivity index (χ0) is 9.72. The second kappa shape index (κ2) is 5.20. The number of alkyl halides is 1. The number of allylic oxidation sites excluding steroid dienone is 1. The lowest BCUT2D eigenvalue weighted by atomic mass is 9.95. The topological polar surface area (TPSA) is 37.3 Å². The van der Waals surface area contributed by atoms with Crippen molar-refractivity contribution >= 4 is 17.6 Å². The second-order valence-corrected chi connectivity index (χ2v) is 3.86. The predicted octanol–water partition coefficient (Wildman–Crippen LogP) is 2.53. The largest absolute Gasteiger partial charge is 0.481 e. The van der Waals surface area contributed by atoms with Crippen LogP contribution in [0.1, 0.15) is 20.8 Å². The summed E-state index contributed by atoms with van der Waals surface area (Å²) in [7, 11) is 0. The minimum atomic E-state index is -0.793. The van der Waals surface area contributed by atoms with Gasteiger partial charge in [0.1, 0.15) is 0 Å². The van der Waals surface area contributed by atoms with Gasteiger partial charge in [0, 0.05) is 5.38 Å². The lowest BCUT2D eigenvalue weighted by Gasteiger charge is -2.11. The molecule has 0 aromatic rings. The van der Waals surface area contributed by atoms with E-state index in [1.165, 1.54) is 0 Å². The first-order chi connectivity index (χ1) is 5.45. The van der Waals surface area contributed by atoms with Gasteiger partial charge in [-0.15, -0.1) is 11.6 Å². The molecule has 70 valence electrons. The third kappa shape index (κ3) is 4.39. The molecule has 2 nitrogen and oxygen atoms in total. The highest BCUT2D eigenvalue weighted by Gasteiger charge is 2.17. The Morgan fingerprint density at radius 2 is 1.83 bits per heavy atom. The van der Waals surface area contributed by atoms with E-state index in [2.05, 4.69) is 0 Å². The number of halogens is 1. The predicted molar refractivity (Wildman–Crippen MR) is 50.4 cm³/mol. The number of hydrogen-bond acceptors (Lipinski definition) is 1. The van der Waals surface area contributed by atoms with Crippen molar-refractivity contribution in [2.45, 2.75) is 26.1 Å². The molecular weight excluding hydrogens is 176 g/mol. The van der Waals surface area contributed by atoms with E-state index in [9.17, 15) is 4.79 Å². The Labute approximate surface area is 78.2 Å². The molecule has 0 amide bonds. The molecule has 0 aliphatic rings. The van der Waals surface area contributed by atoms with Crippen LogP contribution < -0.4 is 0 Å². The third-order valence-electron chi connectivity index (χ3n) is 1.59. The summed E-state index contributed by atoms with van der Waals surface area (Å²) in [4.78, 5) is 10.7. The van der Waals surface area contributed by atoms with Crippen LogP contribution in [0.4, 0.5) is 0 Å². The van der Waals surface area contributed by atoms with E-state index in [1.54, 1.807) is 19.1 Å². The van der Waals surface area contributed by atoms with Crippen LogP contribution >= 0.6 is 11.6 Å². The Morgan fingerprint density at radius 1 is 1.33 bits per heavy atom. The molecule has 0 aliphatic heterocycles. The van der Waals surface area contributed by atoms with Crippen LogP contribution in [0.15, 0.2) is 12.2 Å². The quantitative estimate of drug-likeness (QED) is 0.547. The van der Waals surface area contributed by atoms with Gasteiger partial charge in [-0.05, 0) is 12.8 Å². The van der Waals surface area contributed by atoms with Crippen molar-refractivity contribution < 1.29 is 9.90 Å². The molecule has 0 saturated heterocycles. The van der Waals surface area contributed by atoms with Gasteiger partial charge in [-0.25, -0.2) is 0 Å². The third-order valence-corrected chi connectivity index (χ3v) is 1.73. The van der Waals surface area contributed by atoms with E-state index in [4.69, 9.17) is 16.7 Å². The van der Waals surface area contributed by atoms with Crippen molar-refractivity contribution in [1.82, 2.24) is 0 Å². The summed E-state index contributed by atoms with van der Waals surface area (Å²) in [6.45, 7) is 5.56. The Hall–Kier alpha value is -0.500. The average Bonchev–Trinajstić information content (AvgIpc) is 1.84. The van der Waals surface area contributed by atoms with Crippen LogP contribution in [0.25, 0.3) is 0 Å². The van der Waals surface area contributed by atoms with Gasteiger partial charge < -0.3 is 5.11 Å². The van der Waals surface area contributed by atoms with E-state index in [1.807, 2.05) is 13.8 Å². The molecule has 0 bridgehead atoms. The van der Waals surface area contributed by atoms with E-state index in [-0.39, 0.29) is 11.3 Å². The van der Waals surface area contributed by atoms with Crippen LogP contribution in [-0.4, -0.2) is 16.5 Å². The van der Waals surface area contributed by atoms with Crippen LogP contribution in [0.5, 0.6) is 0 Å². The molecule has 0 rings (SSSR count). The number of aliphatic carboxylic acids is 1. The van der Waals surface area contributed by atoms with E-state index >= 15 is 0 Å². The second-order valence-electron chi connectivity index (χ2n) is 3.17. The van der Waals surface area contributed by atoms with Crippen molar-refractivity contribution in [3.05, 3.63) is 12.2 Å². The number of carboxylic acids is 1. The van der Waals surface area contributed by atoms with Crippen molar-refractivity contribution in [3.63, 3.8) is 0 Å². The molecular formula is C9H15ClO2. The molecule has 1 N–H and O–H groups in total. The van der Waals surface area contributed by atoms with Gasteiger partial charge in [-0.3, -0.25) is 4.79 Å². The van der Waals surface area contributed by atoms with Crippen molar-refractivity contribution in [2.75, 3.05) is 0 Å². The molecule has 0 saturated carbocycles. The Kier molecular flexibility index (Phi) is 4.98. The van der Waals surface area contributed by atoms with Gasteiger partial charge >= 0.3 is 5.97 Å². The zero-order valence-corrected chi connectivity index (χ0v) is 8.38. The lowest BCUT2D eigenvalue weighted by Crippen LogP contribution is -2.17. The first-order valence-corrected chi connectivity index (χ1v) is 4.44. The highest BCUT2D eigenvalue weighted by molar-refractivity contribution is 6.21. The van der Waals surface area contributed by atoms with E-state index in [0.717, 1.165) is 0 Å². The van der Waals surface area contributed by atoms with Crippen molar-refractivity contribution in [3.8, 4) is 0 Å². The molecule has 0 aromatic heterocycles. The molecule has 0 aromatic carbocycles. The van der Waals surface area contributed by atoms with Gasteiger partial charge in [0.25, 0.3) is 0 Å². The summed E-state index contributed by atoms with van der Waals surface area (Å²) in [6.07, 6.45) is 3.37. The van der Waals surface area contributed by atoms with Crippen molar-refractivity contribution in [1.29, 1.82) is 0 Å². The fourth-order valence-electron chi connectivity index (χ4n) is 0.863. The SMILES string of the molecule is CC(Cl)C=CC(C(=O)O)C(C)C. The standard InChI is InChI=1S/C9H15ClO2/c1-6(2)8(9(11)12)5-4-7(3)10/h4-8H,1-3H3,(H,11,12). The van der Waals surface area contributed by atoms with Crippen molar-refractivity contribution in [2.24, 2.45) is 11.8 Å². The van der Waals surface area contributed by atoms with E-state index in [0.29, 0.717) is 0 Å². The number of hydrogen-bond donors (Lipinski definition) is 1. The Balaban J connectivity index is 4.24. The minimum absolute atomic E-state index is 0.106. The summed E-state index contributed by atoms with van der Waals surface area (Å²) >= 11 is 5.65. The normalized spacial score (nSPS) is 16.8. The Bertz CT molecular complexity index is 173. The fraction of sp³-hybridized carbons (Fsp3) is 0.667. The highest BCUT2D eigenvalue weighted by Crippen LogP contribution is 2.13. The monoisotopic (exact) mass is 190 g/mol. The first-order valence-electron chi connectivity index (χ1n) is 4.00. The summed E-state index contributed by atoms with van der Waals surface area (Å²) in [5, 5.41) is 8.66. The summed E-state index contributed by atoms with van der Waals surface area (Å²) in [6, 6.07) is 0. The maximum Gasteiger partial charge on any atom is 0.310 e. The number of rotatable bonds is 4. The molecule has 0 heterocycles. The van der Waals surface area contributed by atoms with Gasteiger partial charge in [0.05, 0.1) is 5.92 Å². The maximum absolute atomic E-state index is 10.7. The van der Waals surface area contributed by atoms with Gasteiger partial charge in [0.2, 0.25) is 0 Å². The molecule has 2 atom stereocenters. The number of carbonyl (C=O) groups is 1. The molecule has 12 heavy (non-hydrogen) atoms. The average molecular weight is 191 g/mol. The molecule has 0 aliphatic carbocycles. The smallest absolute Gasteiger partial charge is 0.310 e. The molecule has 0 radical (unpaired) electrons. The number of carboxylic acid groups (broad SMARTS) is 1. The molecule has 3 heteroatoms. The van der Waals surface area contributed by atoms with Gasteiger partial charge in [-0.1, -0.05) is 26.0 Å². The summed E-state index contributed by atoms with van der Waals surface area (Å²) < 4.78 is 0. The van der Waals surface area contributed by atoms with Crippen LogP contribution in [0.3, 0.4) is 0 Å². The van der Waals surface area contributed by atoms with Gasteiger partial charge in [-0.2, -0.15) is 0 Å². The Morgan fingerprint density at radius 3 is 2.08 bits per heavy atom. The van der Waals surface area contributed by atoms with E-state index < -0.39 is 11.9 Å². The molecule has 2 unspecified atom stereocenters. The minimum Gasteiger partial charge on any atom is -0.481 e. The molecule has 0 fully saturated rings. The molecule has 0 spiro atoms. The zero-order valence-electron chi connectivity index (χ0n) is 7.62. The van der Waals surface area contributed by atoms with Crippen LogP contribution in [0.2, 0.25) is 0 Å². The van der Waals surface area contributed by atoms with Gasteiger partial charge in [0.15, 0.2) is 0 Å². The summed E-state index contributed by atoms with van der Waals surface area (Å²) in [5.41, 5.74) is 0.